The lowest BCUT2D eigenvalue weighted by molar-refractivity contribution is 0.102. The largest absolute Gasteiger partial charge is 0.507 e. The Kier molecular flexibility index (Phi) is 5.54. The van der Waals surface area contributed by atoms with Gasteiger partial charge in [0.15, 0.2) is 0 Å². The zero-order chi connectivity index (χ0) is 24.6. The fourth-order valence-electron chi connectivity index (χ4n) is 4.75. The number of fused-ring (bicyclic) bond motifs is 2. The first-order valence-corrected chi connectivity index (χ1v) is 12.1. The molecule has 6 rings (SSSR count). The lowest BCUT2D eigenvalue weighted by Crippen LogP contribution is -2.44. The van der Waals surface area contributed by atoms with Gasteiger partial charge in [-0.3, -0.25) is 4.79 Å². The number of amides is 1. The van der Waals surface area contributed by atoms with E-state index in [0.717, 1.165) is 53.7 Å². The molecule has 1 saturated heterocycles. The number of aromatic nitrogens is 2. The highest BCUT2D eigenvalue weighted by Gasteiger charge is 2.16. The Bertz CT molecular complexity index is 1570. The molecule has 5 aromatic rings. The van der Waals surface area contributed by atoms with E-state index in [4.69, 9.17) is 0 Å². The number of carbonyl (C=O) groups is 1. The van der Waals surface area contributed by atoms with Crippen LogP contribution in [0.4, 0.5) is 11.4 Å². The summed E-state index contributed by atoms with van der Waals surface area (Å²) in [7, 11) is 2.14. The molecular weight excluding hydrogens is 450 g/mol. The van der Waals surface area contributed by atoms with Crippen molar-refractivity contribution in [1.29, 1.82) is 0 Å². The highest BCUT2D eigenvalue weighted by molar-refractivity contribution is 6.06. The van der Waals surface area contributed by atoms with Crippen LogP contribution < -0.4 is 10.2 Å². The van der Waals surface area contributed by atoms with Gasteiger partial charge in [-0.05, 0) is 61.0 Å². The van der Waals surface area contributed by atoms with Crippen LogP contribution in [0, 0.1) is 0 Å². The van der Waals surface area contributed by atoms with Crippen LogP contribution >= 0.6 is 0 Å². The molecule has 0 spiro atoms. The summed E-state index contributed by atoms with van der Waals surface area (Å²) in [4.78, 5) is 25.6. The van der Waals surface area contributed by atoms with Gasteiger partial charge in [-0.1, -0.05) is 30.3 Å². The van der Waals surface area contributed by atoms with Gasteiger partial charge in [0.25, 0.3) is 5.91 Å². The van der Waals surface area contributed by atoms with E-state index < -0.39 is 0 Å². The van der Waals surface area contributed by atoms with Crippen LogP contribution in [0.25, 0.3) is 33.2 Å². The molecule has 1 aliphatic rings. The molecule has 1 aliphatic heterocycles. The first kappa shape index (κ1) is 22.1. The summed E-state index contributed by atoms with van der Waals surface area (Å²) in [6, 6.07) is 24.9. The third-order valence-corrected chi connectivity index (χ3v) is 6.89. The summed E-state index contributed by atoms with van der Waals surface area (Å²) in [6.45, 7) is 4.12. The molecule has 1 amide bonds. The van der Waals surface area contributed by atoms with E-state index in [1.165, 1.54) is 5.69 Å². The van der Waals surface area contributed by atoms with E-state index in [1.54, 1.807) is 12.1 Å². The number of piperazine rings is 1. The van der Waals surface area contributed by atoms with E-state index in [-0.39, 0.29) is 11.7 Å². The number of carbonyl (C=O) groups excluding carboxylic acids is 1. The molecule has 0 aliphatic carbocycles. The van der Waals surface area contributed by atoms with Crippen LogP contribution in [0.3, 0.4) is 0 Å². The number of aromatic hydroxyl groups is 1. The van der Waals surface area contributed by atoms with Gasteiger partial charge >= 0.3 is 0 Å². The van der Waals surface area contributed by atoms with Gasteiger partial charge in [0.1, 0.15) is 11.6 Å². The maximum absolute atomic E-state index is 13.0. The summed E-state index contributed by atoms with van der Waals surface area (Å²) in [5, 5.41) is 15.5. The molecule has 7 heteroatoms. The van der Waals surface area contributed by atoms with E-state index in [0.29, 0.717) is 17.0 Å². The molecule has 2 heterocycles. The quantitative estimate of drug-likeness (QED) is 0.336. The number of anilines is 2. The Hall–Kier alpha value is -4.36. The topological polar surface area (TPSA) is 84.5 Å². The predicted octanol–water partition coefficient (Wildman–Crippen LogP) is 5.09. The van der Waals surface area contributed by atoms with Crippen molar-refractivity contribution in [3.05, 3.63) is 84.4 Å². The van der Waals surface area contributed by atoms with E-state index in [1.807, 2.05) is 54.6 Å². The van der Waals surface area contributed by atoms with Crippen molar-refractivity contribution in [3.63, 3.8) is 0 Å². The number of rotatable bonds is 4. The highest BCUT2D eigenvalue weighted by atomic mass is 16.3. The number of aromatic amines is 1. The first-order valence-electron chi connectivity index (χ1n) is 12.1. The number of imidazole rings is 1. The SMILES string of the molecule is CN1CCN(c2ccc(NC(=O)c3ccc4nc(-c5ccc6ccccc6c5O)[nH]c4c3)cc2)CC1. The molecule has 3 N–H and O–H groups in total. The summed E-state index contributed by atoms with van der Waals surface area (Å²) in [5.74, 6) is 0.560. The molecule has 0 unspecified atom stereocenters. The number of H-pyrrole nitrogens is 1. The third-order valence-electron chi connectivity index (χ3n) is 6.89. The van der Waals surface area contributed by atoms with Crippen LogP contribution in [0.15, 0.2) is 78.9 Å². The van der Waals surface area contributed by atoms with Crippen molar-refractivity contribution in [2.75, 3.05) is 43.4 Å². The Morgan fingerprint density at radius 1 is 0.944 bits per heavy atom. The molecule has 36 heavy (non-hydrogen) atoms. The molecule has 4 aromatic carbocycles. The molecule has 0 radical (unpaired) electrons. The Balaban J connectivity index is 1.21. The summed E-state index contributed by atoms with van der Waals surface area (Å²) < 4.78 is 0. The fourth-order valence-corrected chi connectivity index (χ4v) is 4.75. The number of hydrogen-bond donors (Lipinski definition) is 3. The van der Waals surface area contributed by atoms with Gasteiger partial charge in [0.2, 0.25) is 0 Å². The number of phenolic OH excluding ortho intramolecular Hbond substituents is 1. The minimum atomic E-state index is -0.186. The van der Waals surface area contributed by atoms with Gasteiger partial charge in [-0.15, -0.1) is 0 Å². The van der Waals surface area contributed by atoms with Crippen molar-refractivity contribution >= 4 is 39.1 Å². The zero-order valence-corrected chi connectivity index (χ0v) is 20.0. The molecule has 0 bridgehead atoms. The normalized spacial score (nSPS) is 14.4. The van der Waals surface area contributed by atoms with Gasteiger partial charge in [-0.25, -0.2) is 4.98 Å². The maximum Gasteiger partial charge on any atom is 0.255 e. The molecule has 1 aromatic heterocycles. The van der Waals surface area contributed by atoms with Crippen molar-refractivity contribution in [1.82, 2.24) is 14.9 Å². The highest BCUT2D eigenvalue weighted by Crippen LogP contribution is 2.35. The summed E-state index contributed by atoms with van der Waals surface area (Å²) in [6.07, 6.45) is 0. The molecule has 7 nitrogen and oxygen atoms in total. The lowest BCUT2D eigenvalue weighted by Gasteiger charge is -2.34. The van der Waals surface area contributed by atoms with Crippen LogP contribution in [0.5, 0.6) is 5.75 Å². The molecule has 0 atom stereocenters. The number of likely N-dealkylation sites (N-methyl/N-ethyl adjacent to an activating group) is 1. The second kappa shape index (κ2) is 9.02. The number of hydrogen-bond acceptors (Lipinski definition) is 5. The predicted molar refractivity (Wildman–Crippen MR) is 145 cm³/mol. The molecule has 180 valence electrons. The van der Waals surface area contributed by atoms with Crippen LogP contribution in [-0.2, 0) is 0 Å². The van der Waals surface area contributed by atoms with Crippen molar-refractivity contribution in [2.24, 2.45) is 0 Å². The van der Waals surface area contributed by atoms with Gasteiger partial charge < -0.3 is 25.2 Å². The fraction of sp³-hybridized carbons (Fsp3) is 0.172. The number of phenols is 1. The average molecular weight is 478 g/mol. The second-order valence-corrected chi connectivity index (χ2v) is 9.29. The molecular formula is C29H27N5O2. The molecule has 1 fully saturated rings. The Morgan fingerprint density at radius 2 is 1.72 bits per heavy atom. The van der Waals surface area contributed by atoms with Gasteiger partial charge in [0, 0.05) is 48.5 Å². The molecule has 0 saturated carbocycles. The van der Waals surface area contributed by atoms with Crippen LogP contribution in [0.1, 0.15) is 10.4 Å². The third kappa shape index (κ3) is 4.14. The van der Waals surface area contributed by atoms with E-state index in [9.17, 15) is 9.90 Å². The van der Waals surface area contributed by atoms with E-state index >= 15 is 0 Å². The monoisotopic (exact) mass is 477 g/mol. The Morgan fingerprint density at radius 3 is 2.53 bits per heavy atom. The number of benzene rings is 4. The standard InChI is InChI=1S/C29H27N5O2/c1-33-14-16-34(17-15-33)22-10-8-21(9-11-22)30-29(36)20-7-13-25-26(18-20)32-28(31-25)24-12-6-19-4-2-3-5-23(19)27(24)35/h2-13,18,35H,14-17H2,1H3,(H,30,36)(H,31,32). The maximum atomic E-state index is 13.0. The van der Waals surface area contributed by atoms with Crippen molar-refractivity contribution < 1.29 is 9.90 Å². The Labute approximate surface area is 209 Å². The number of nitrogens with one attached hydrogen (secondary N) is 2. The lowest BCUT2D eigenvalue weighted by atomic mass is 10.1. The van der Waals surface area contributed by atoms with Crippen molar-refractivity contribution in [2.45, 2.75) is 0 Å². The average Bonchev–Trinajstić information content (AvgIpc) is 3.33. The second-order valence-electron chi connectivity index (χ2n) is 9.29. The van der Waals surface area contributed by atoms with Crippen molar-refractivity contribution in [3.8, 4) is 17.1 Å². The zero-order valence-electron chi connectivity index (χ0n) is 20.0. The summed E-state index contributed by atoms with van der Waals surface area (Å²) >= 11 is 0. The number of nitrogens with zero attached hydrogens (tertiary/aromatic N) is 3. The minimum absolute atomic E-state index is 0.185. The summed E-state index contributed by atoms with van der Waals surface area (Å²) in [5.41, 5.74) is 4.54. The minimum Gasteiger partial charge on any atom is -0.507 e. The van der Waals surface area contributed by atoms with Gasteiger partial charge in [0.05, 0.1) is 16.6 Å². The van der Waals surface area contributed by atoms with E-state index in [2.05, 4.69) is 44.3 Å². The first-order chi connectivity index (χ1) is 17.5. The van der Waals surface area contributed by atoms with Crippen LogP contribution in [-0.4, -0.2) is 59.1 Å². The van der Waals surface area contributed by atoms with Crippen LogP contribution in [0.2, 0.25) is 0 Å². The smallest absolute Gasteiger partial charge is 0.255 e. The van der Waals surface area contributed by atoms with Gasteiger partial charge in [-0.2, -0.15) is 0 Å².